The lowest BCUT2D eigenvalue weighted by molar-refractivity contribution is -0.179. The predicted octanol–water partition coefficient (Wildman–Crippen LogP) is -0.452. The van der Waals surface area contributed by atoms with Gasteiger partial charge in [0.15, 0.2) is 0 Å². The average molecular weight is 255 g/mol. The van der Waals surface area contributed by atoms with Crippen LogP contribution in [0, 0.1) is 0 Å². The Kier molecular flexibility index (Phi) is 3.92. The highest BCUT2D eigenvalue weighted by atomic mass is 32.3. The van der Waals surface area contributed by atoms with E-state index in [0.29, 0.717) is 6.92 Å². The van der Waals surface area contributed by atoms with Crippen LogP contribution in [0.2, 0.25) is 0 Å². The molecule has 0 fully saturated rings. The van der Waals surface area contributed by atoms with Gasteiger partial charge in [0.25, 0.3) is 20.2 Å². The number of halogens is 2. The molecule has 0 heterocycles. The summed E-state index contributed by atoms with van der Waals surface area (Å²) in [5.74, 6) is 0. The van der Waals surface area contributed by atoms with Crippen LogP contribution in [0.5, 0.6) is 0 Å². The van der Waals surface area contributed by atoms with Crippen molar-refractivity contribution in [2.45, 2.75) is 17.5 Å². The molecule has 0 saturated carbocycles. The summed E-state index contributed by atoms with van der Waals surface area (Å²) < 4.78 is 78.8. The van der Waals surface area contributed by atoms with Crippen LogP contribution in [0.3, 0.4) is 0 Å². The fourth-order valence-corrected chi connectivity index (χ4v) is 3.15. The molecule has 0 aromatic rings. The Hall–Kier alpha value is -0.360. The van der Waals surface area contributed by atoms with Crippen LogP contribution >= 0.6 is 0 Å². The SMILES string of the molecule is CC(C(S(=O)(=O)O)S(=O)(=O)O)N(F)F. The lowest BCUT2D eigenvalue weighted by Crippen LogP contribution is -2.43. The second kappa shape index (κ2) is 4.02. The molecular weight excluding hydrogens is 248 g/mol. The maximum absolute atomic E-state index is 11.8. The van der Waals surface area contributed by atoms with Gasteiger partial charge in [0.1, 0.15) is 6.04 Å². The summed E-state index contributed by atoms with van der Waals surface area (Å²) in [6.45, 7) is 0.506. The van der Waals surface area contributed by atoms with Gasteiger partial charge in [-0.25, -0.2) is 0 Å². The molecule has 2 N–H and O–H groups in total. The summed E-state index contributed by atoms with van der Waals surface area (Å²) in [7, 11) is -10.7. The Morgan fingerprint density at radius 2 is 1.36 bits per heavy atom. The van der Waals surface area contributed by atoms with Crippen molar-refractivity contribution < 1.29 is 34.9 Å². The second-order valence-electron chi connectivity index (χ2n) is 2.40. The van der Waals surface area contributed by atoms with Gasteiger partial charge in [0.05, 0.1) is 0 Å². The molecule has 86 valence electrons. The Morgan fingerprint density at radius 1 is 1.07 bits per heavy atom. The van der Waals surface area contributed by atoms with Gasteiger partial charge >= 0.3 is 0 Å². The molecule has 11 heteroatoms. The van der Waals surface area contributed by atoms with Crippen molar-refractivity contribution >= 4 is 20.2 Å². The average Bonchev–Trinajstić information content (AvgIpc) is 1.79. The van der Waals surface area contributed by atoms with E-state index in [1.807, 2.05) is 0 Å². The zero-order chi connectivity index (χ0) is 11.7. The Labute approximate surface area is 78.7 Å². The number of nitrogens with zero attached hydrogens (tertiary/aromatic N) is 1. The molecule has 0 aliphatic heterocycles. The van der Waals surface area contributed by atoms with Crippen molar-refractivity contribution in [1.82, 2.24) is 5.34 Å². The molecule has 1 atom stereocenters. The third kappa shape index (κ3) is 3.42. The van der Waals surface area contributed by atoms with Gasteiger partial charge in [0.2, 0.25) is 4.58 Å². The summed E-state index contributed by atoms with van der Waals surface area (Å²) in [5.41, 5.74) is 0. The summed E-state index contributed by atoms with van der Waals surface area (Å²) in [6.07, 6.45) is 0. The molecule has 0 aliphatic carbocycles. The van der Waals surface area contributed by atoms with Crippen LogP contribution in [-0.2, 0) is 20.2 Å². The van der Waals surface area contributed by atoms with Crippen molar-refractivity contribution in [3.05, 3.63) is 0 Å². The maximum Gasteiger partial charge on any atom is 0.286 e. The topological polar surface area (TPSA) is 112 Å². The highest BCUT2D eigenvalue weighted by Gasteiger charge is 2.44. The van der Waals surface area contributed by atoms with Crippen LogP contribution in [0.15, 0.2) is 0 Å². The minimum Gasteiger partial charge on any atom is -0.284 e. The molecule has 1 unspecified atom stereocenters. The van der Waals surface area contributed by atoms with Gasteiger partial charge in [-0.2, -0.15) is 16.8 Å². The van der Waals surface area contributed by atoms with Crippen LogP contribution < -0.4 is 0 Å². The molecular formula is C3H7F2NO6S2. The zero-order valence-electron chi connectivity index (χ0n) is 6.70. The van der Waals surface area contributed by atoms with Gasteiger partial charge in [-0.15, -0.1) is 8.96 Å². The van der Waals surface area contributed by atoms with Crippen molar-refractivity contribution in [1.29, 1.82) is 0 Å². The van der Waals surface area contributed by atoms with Gasteiger partial charge in [-0.1, -0.05) is 0 Å². The monoisotopic (exact) mass is 255 g/mol. The van der Waals surface area contributed by atoms with E-state index < -0.39 is 36.2 Å². The highest BCUT2D eigenvalue weighted by Crippen LogP contribution is 2.17. The number of rotatable bonds is 4. The van der Waals surface area contributed by atoms with Gasteiger partial charge in [0, 0.05) is 5.34 Å². The van der Waals surface area contributed by atoms with Gasteiger partial charge < -0.3 is 0 Å². The van der Waals surface area contributed by atoms with Crippen molar-refractivity contribution in [3.63, 3.8) is 0 Å². The lowest BCUT2D eigenvalue weighted by atomic mass is 10.4. The third-order valence-electron chi connectivity index (χ3n) is 1.29. The molecule has 0 spiro atoms. The smallest absolute Gasteiger partial charge is 0.284 e. The lowest BCUT2D eigenvalue weighted by Gasteiger charge is -2.17. The normalized spacial score (nSPS) is 16.2. The van der Waals surface area contributed by atoms with E-state index in [1.165, 1.54) is 0 Å². The van der Waals surface area contributed by atoms with Crippen LogP contribution in [0.1, 0.15) is 6.92 Å². The first-order valence-electron chi connectivity index (χ1n) is 3.01. The molecule has 0 rings (SSSR count). The summed E-state index contributed by atoms with van der Waals surface area (Å²) in [4.78, 5) is 0. The minimum atomic E-state index is -5.33. The summed E-state index contributed by atoms with van der Waals surface area (Å²) in [5, 5.41) is -1.74. The van der Waals surface area contributed by atoms with Crippen molar-refractivity contribution in [3.8, 4) is 0 Å². The molecule has 0 saturated heterocycles. The fourth-order valence-electron chi connectivity index (χ4n) is 0.743. The molecule has 0 amide bonds. The summed E-state index contributed by atoms with van der Waals surface area (Å²) >= 11 is 0. The molecule has 0 aliphatic rings. The van der Waals surface area contributed by atoms with Crippen LogP contribution in [0.25, 0.3) is 0 Å². The Balaban J connectivity index is 5.38. The summed E-state index contributed by atoms with van der Waals surface area (Å²) in [6, 6.07) is -2.39. The molecule has 14 heavy (non-hydrogen) atoms. The van der Waals surface area contributed by atoms with E-state index in [0.717, 1.165) is 0 Å². The van der Waals surface area contributed by atoms with Gasteiger partial charge in [-0.05, 0) is 6.92 Å². The second-order valence-corrected chi connectivity index (χ2v) is 5.77. The first-order chi connectivity index (χ1) is 5.98. The van der Waals surface area contributed by atoms with Gasteiger partial charge in [-0.3, -0.25) is 9.11 Å². The maximum atomic E-state index is 11.8. The molecule has 7 nitrogen and oxygen atoms in total. The van der Waals surface area contributed by atoms with E-state index in [4.69, 9.17) is 9.11 Å². The number of hydrogen-bond donors (Lipinski definition) is 2. The zero-order valence-corrected chi connectivity index (χ0v) is 8.33. The van der Waals surface area contributed by atoms with Crippen molar-refractivity contribution in [2.75, 3.05) is 0 Å². The standard InChI is InChI=1S/C3H7F2NO6S2/c1-2(6(4)5)3(13(7,8)9)14(10,11)12/h2-3H,1H3,(H,7,8,9)(H,10,11,12). The van der Waals surface area contributed by atoms with E-state index >= 15 is 0 Å². The fraction of sp³-hybridized carbons (Fsp3) is 1.00. The van der Waals surface area contributed by atoms with Crippen molar-refractivity contribution in [2.24, 2.45) is 0 Å². The Morgan fingerprint density at radius 3 is 1.43 bits per heavy atom. The van der Waals surface area contributed by atoms with Crippen LogP contribution in [0.4, 0.5) is 8.96 Å². The van der Waals surface area contributed by atoms with Crippen LogP contribution in [-0.4, -0.2) is 41.9 Å². The predicted molar refractivity (Wildman–Crippen MR) is 40.4 cm³/mol. The van der Waals surface area contributed by atoms with E-state index in [1.54, 1.807) is 0 Å². The number of hydrogen-bond acceptors (Lipinski definition) is 5. The van der Waals surface area contributed by atoms with E-state index in [2.05, 4.69) is 0 Å². The molecule has 0 bridgehead atoms. The minimum absolute atomic E-state index is 0.506. The molecule has 0 radical (unpaired) electrons. The first-order valence-corrected chi connectivity index (χ1v) is 6.02. The highest BCUT2D eigenvalue weighted by molar-refractivity contribution is 8.04. The van der Waals surface area contributed by atoms with E-state index in [-0.39, 0.29) is 0 Å². The molecule has 0 aromatic carbocycles. The molecule has 0 aromatic heterocycles. The largest absolute Gasteiger partial charge is 0.286 e. The quantitative estimate of drug-likeness (QED) is 0.516. The Bertz CT molecular complexity index is 355. The third-order valence-corrected chi connectivity index (χ3v) is 4.71. The first kappa shape index (κ1) is 13.6. The van der Waals surface area contributed by atoms with E-state index in [9.17, 15) is 25.8 Å².